The lowest BCUT2D eigenvalue weighted by molar-refractivity contribution is 0.0541. The molecule has 0 radical (unpaired) electrons. The number of nitrogens with zero attached hydrogens (tertiary/aromatic N) is 1. The van der Waals surface area contributed by atoms with Gasteiger partial charge in [-0.3, -0.25) is 4.99 Å². The van der Waals surface area contributed by atoms with Crippen LogP contribution in [0.15, 0.2) is 17.3 Å². The first-order valence-corrected chi connectivity index (χ1v) is 4.87. The molecule has 0 aromatic heterocycles. The fraction of sp³-hybridized carbons (Fsp3) is 0.727. The van der Waals surface area contributed by atoms with Crippen molar-refractivity contribution in [2.24, 2.45) is 10.7 Å². The summed E-state index contributed by atoms with van der Waals surface area (Å²) in [4.78, 5) is 4.36. The zero-order valence-electron chi connectivity index (χ0n) is 8.99. The van der Waals surface area contributed by atoms with E-state index in [1.807, 2.05) is 19.2 Å². The Bertz CT molecular complexity index is 253. The van der Waals surface area contributed by atoms with Crippen LogP contribution in [0.3, 0.4) is 0 Å². The van der Waals surface area contributed by atoms with Gasteiger partial charge in [0.2, 0.25) is 0 Å². The molecule has 1 heterocycles. The van der Waals surface area contributed by atoms with E-state index < -0.39 is 5.60 Å². The van der Waals surface area contributed by atoms with E-state index in [2.05, 4.69) is 10.3 Å². The van der Waals surface area contributed by atoms with Crippen LogP contribution in [0, 0.1) is 0 Å². The topological polar surface area (TPSA) is 70.6 Å². The third kappa shape index (κ3) is 4.44. The summed E-state index contributed by atoms with van der Waals surface area (Å²) < 4.78 is 0. The van der Waals surface area contributed by atoms with Gasteiger partial charge in [-0.05, 0) is 26.8 Å². The van der Waals surface area contributed by atoms with Crippen LogP contribution in [0.4, 0.5) is 0 Å². The van der Waals surface area contributed by atoms with Gasteiger partial charge in [0.25, 0.3) is 0 Å². The predicted octanol–water partition coefficient (Wildman–Crippen LogP) is 1.01. The van der Waals surface area contributed by atoms with Crippen LogP contribution in [-0.2, 0) is 0 Å². The van der Waals surface area contributed by atoms with Gasteiger partial charge in [0.05, 0.1) is 11.6 Å². The Balaban J connectivity index is 0.00000196. The van der Waals surface area contributed by atoms with Crippen LogP contribution in [-0.4, -0.2) is 28.6 Å². The van der Waals surface area contributed by atoms with Gasteiger partial charge in [-0.15, -0.1) is 0 Å². The van der Waals surface area contributed by atoms with Crippen molar-refractivity contribution in [1.29, 1.82) is 0 Å². The highest BCUT2D eigenvalue weighted by molar-refractivity contribution is 5.84. The van der Waals surface area contributed by atoms with Gasteiger partial charge in [0.1, 0.15) is 5.84 Å². The number of amidine groups is 1. The van der Waals surface area contributed by atoms with Gasteiger partial charge in [0, 0.05) is 18.7 Å². The second-order valence-corrected chi connectivity index (χ2v) is 4.28. The molecule has 88 valence electrons. The van der Waals surface area contributed by atoms with Crippen LogP contribution >= 0.6 is 0 Å². The lowest BCUT2D eigenvalue weighted by atomic mass is 9.96. The smallest absolute Gasteiger partial charge is 0.103 e. The Morgan fingerprint density at radius 2 is 2.27 bits per heavy atom. The van der Waals surface area contributed by atoms with E-state index in [0.29, 0.717) is 6.42 Å². The SMILES string of the molecule is C.CC1C=CNC(C[C@@H](N)C(C)(C)O)=N1. The molecule has 4 N–H and O–H groups in total. The Hall–Kier alpha value is -0.870. The minimum absolute atomic E-state index is 0. The molecule has 0 fully saturated rings. The normalized spacial score (nSPS) is 22.5. The molecule has 0 saturated heterocycles. The van der Waals surface area contributed by atoms with E-state index in [4.69, 9.17) is 5.73 Å². The molecule has 0 spiro atoms. The van der Waals surface area contributed by atoms with Crippen molar-refractivity contribution in [3.63, 3.8) is 0 Å². The molecule has 15 heavy (non-hydrogen) atoms. The number of aliphatic hydroxyl groups is 1. The highest BCUT2D eigenvalue weighted by Gasteiger charge is 2.24. The summed E-state index contributed by atoms with van der Waals surface area (Å²) in [5.41, 5.74) is 4.97. The van der Waals surface area contributed by atoms with Crippen molar-refractivity contribution < 1.29 is 5.11 Å². The lowest BCUT2D eigenvalue weighted by Gasteiger charge is -2.27. The summed E-state index contributed by atoms with van der Waals surface area (Å²) in [6.07, 6.45) is 4.40. The van der Waals surface area contributed by atoms with Gasteiger partial charge in [-0.2, -0.15) is 0 Å². The summed E-state index contributed by atoms with van der Waals surface area (Å²) in [6.45, 7) is 5.42. The molecule has 0 aromatic carbocycles. The van der Waals surface area contributed by atoms with E-state index in [0.717, 1.165) is 5.84 Å². The predicted molar refractivity (Wildman–Crippen MR) is 64.8 cm³/mol. The van der Waals surface area contributed by atoms with Crippen LogP contribution in [0.2, 0.25) is 0 Å². The summed E-state index contributed by atoms with van der Waals surface area (Å²) in [7, 11) is 0. The van der Waals surface area contributed by atoms with Crippen molar-refractivity contribution >= 4 is 5.84 Å². The number of nitrogens with one attached hydrogen (secondary N) is 1. The maximum atomic E-state index is 9.66. The minimum atomic E-state index is -0.866. The van der Waals surface area contributed by atoms with Crippen molar-refractivity contribution in [1.82, 2.24) is 5.32 Å². The van der Waals surface area contributed by atoms with E-state index in [9.17, 15) is 5.11 Å². The van der Waals surface area contributed by atoms with Crippen molar-refractivity contribution in [2.45, 2.75) is 52.3 Å². The average Bonchev–Trinajstić information content (AvgIpc) is 2.02. The van der Waals surface area contributed by atoms with Gasteiger partial charge in [-0.25, -0.2) is 0 Å². The molecule has 4 heteroatoms. The van der Waals surface area contributed by atoms with E-state index in [1.54, 1.807) is 13.8 Å². The maximum Gasteiger partial charge on any atom is 0.103 e. The zero-order chi connectivity index (χ0) is 10.8. The molecular formula is C11H23N3O. The summed E-state index contributed by atoms with van der Waals surface area (Å²) in [5.74, 6) is 0.842. The molecule has 0 amide bonds. The number of aliphatic imine (C=N–C) groups is 1. The molecule has 1 aliphatic rings. The van der Waals surface area contributed by atoms with Crippen molar-refractivity contribution in [3.8, 4) is 0 Å². The second-order valence-electron chi connectivity index (χ2n) is 4.28. The molecule has 0 aliphatic carbocycles. The van der Waals surface area contributed by atoms with Gasteiger partial charge in [-0.1, -0.05) is 7.43 Å². The van der Waals surface area contributed by atoms with Crippen LogP contribution in [0.5, 0.6) is 0 Å². The molecular weight excluding hydrogens is 190 g/mol. The first kappa shape index (κ1) is 14.1. The highest BCUT2D eigenvalue weighted by atomic mass is 16.3. The van der Waals surface area contributed by atoms with Gasteiger partial charge >= 0.3 is 0 Å². The van der Waals surface area contributed by atoms with E-state index in [-0.39, 0.29) is 19.5 Å². The van der Waals surface area contributed by atoms with Gasteiger partial charge < -0.3 is 16.2 Å². The average molecular weight is 213 g/mol. The van der Waals surface area contributed by atoms with Crippen LogP contribution in [0.25, 0.3) is 0 Å². The standard InChI is InChI=1S/C10H19N3O.CH4/c1-7-4-5-12-9(13-7)6-8(11)10(2,3)14;/h4-5,7-8,14H,6,11H2,1-3H3,(H,12,13);1H4/t7?,8-;/m1./s1. The van der Waals surface area contributed by atoms with Crippen LogP contribution < -0.4 is 11.1 Å². The second kappa shape index (κ2) is 5.28. The molecule has 1 rings (SSSR count). The quantitative estimate of drug-likeness (QED) is 0.655. The summed E-state index contributed by atoms with van der Waals surface area (Å²) >= 11 is 0. The molecule has 1 unspecified atom stereocenters. The van der Waals surface area contributed by atoms with Crippen molar-refractivity contribution in [3.05, 3.63) is 12.3 Å². The van der Waals surface area contributed by atoms with Crippen LogP contribution in [0.1, 0.15) is 34.6 Å². The molecule has 4 nitrogen and oxygen atoms in total. The Kier molecular flexibility index (Phi) is 4.97. The molecule has 2 atom stereocenters. The zero-order valence-corrected chi connectivity index (χ0v) is 8.99. The first-order valence-electron chi connectivity index (χ1n) is 4.87. The minimum Gasteiger partial charge on any atom is -0.389 e. The van der Waals surface area contributed by atoms with Crippen molar-refractivity contribution in [2.75, 3.05) is 0 Å². The molecule has 0 bridgehead atoms. The van der Waals surface area contributed by atoms with E-state index in [1.165, 1.54) is 0 Å². The molecule has 1 aliphatic heterocycles. The fourth-order valence-electron chi connectivity index (χ4n) is 1.18. The number of nitrogens with two attached hydrogens (primary N) is 1. The first-order chi connectivity index (χ1) is 6.39. The monoisotopic (exact) mass is 213 g/mol. The summed E-state index contributed by atoms with van der Waals surface area (Å²) in [5, 5.41) is 12.7. The molecule has 0 saturated carbocycles. The Morgan fingerprint density at radius 1 is 1.67 bits per heavy atom. The third-order valence-corrected chi connectivity index (χ3v) is 2.30. The molecule has 0 aromatic rings. The number of hydrogen-bond donors (Lipinski definition) is 3. The third-order valence-electron chi connectivity index (χ3n) is 2.30. The maximum absolute atomic E-state index is 9.66. The number of hydrogen-bond acceptors (Lipinski definition) is 4. The Morgan fingerprint density at radius 3 is 2.73 bits per heavy atom. The number of rotatable bonds is 3. The van der Waals surface area contributed by atoms with E-state index >= 15 is 0 Å². The van der Waals surface area contributed by atoms with Gasteiger partial charge in [0.15, 0.2) is 0 Å². The summed E-state index contributed by atoms with van der Waals surface area (Å²) in [6, 6.07) is -0.104. The largest absolute Gasteiger partial charge is 0.389 e. The lowest BCUT2D eigenvalue weighted by Crippen LogP contribution is -2.46. The fourth-order valence-corrected chi connectivity index (χ4v) is 1.18. The highest BCUT2D eigenvalue weighted by Crippen LogP contribution is 2.11. The Labute approximate surface area is 92.3 Å².